The normalized spacial score (nSPS) is 13.1. The Bertz CT molecular complexity index is 2930. The summed E-state index contributed by atoms with van der Waals surface area (Å²) in [5, 5.41) is 6.16. The molecule has 0 unspecified atom stereocenters. The minimum atomic E-state index is -2.70. The average molecular weight is 1060 g/mol. The largest absolute Gasteiger partial charge is 0.677 e. The van der Waals surface area contributed by atoms with Gasteiger partial charge in [0, 0.05) is 29.1 Å². The molecule has 0 bridgehead atoms. The lowest BCUT2D eigenvalue weighted by molar-refractivity contribution is 0.232. The maximum absolute atomic E-state index is 14.6. The Balaban J connectivity index is 1.24. The number of aliphatic imine (C=N–C) groups is 1. The van der Waals surface area contributed by atoms with Crippen LogP contribution in [0, 0.1) is 13.8 Å². The summed E-state index contributed by atoms with van der Waals surface area (Å²) in [6.45, 7) is 22.3. The van der Waals surface area contributed by atoms with Gasteiger partial charge in [-0.1, -0.05) is 111 Å². The smallest absolute Gasteiger partial charge is 0.493 e. The monoisotopic (exact) mass is 1050 g/mol. The highest BCUT2D eigenvalue weighted by atomic mass is 19.2. The van der Waals surface area contributed by atoms with Crippen LogP contribution in [0.3, 0.4) is 0 Å². The van der Waals surface area contributed by atoms with Crippen molar-refractivity contribution in [3.8, 4) is 40.2 Å². The van der Waals surface area contributed by atoms with Gasteiger partial charge in [-0.05, 0) is 169 Å². The second-order valence-electron chi connectivity index (χ2n) is 20.7. The Labute approximate surface area is 458 Å². The molecule has 7 rings (SSSR count). The first kappa shape index (κ1) is 58.5. The molecule has 1 aliphatic heterocycles. The van der Waals surface area contributed by atoms with Crippen molar-refractivity contribution in [1.29, 1.82) is 0 Å². The highest BCUT2D eigenvalue weighted by molar-refractivity contribution is 6.41. The van der Waals surface area contributed by atoms with Gasteiger partial charge in [0.1, 0.15) is 5.75 Å². The number of ether oxygens (including phenoxy) is 7. The van der Waals surface area contributed by atoms with E-state index >= 15 is 0 Å². The summed E-state index contributed by atoms with van der Waals surface area (Å²) in [4.78, 5) is 4.81. The number of unbranched alkanes of at least 4 members (excludes halogenated alkanes) is 10. The second-order valence-corrected chi connectivity index (χ2v) is 20.7. The fourth-order valence-electron chi connectivity index (χ4n) is 10.2. The van der Waals surface area contributed by atoms with Gasteiger partial charge in [-0.15, -0.1) is 0 Å². The predicted octanol–water partition coefficient (Wildman–Crippen LogP) is 18.2. The first-order chi connectivity index (χ1) is 37.5. The third-order valence-electron chi connectivity index (χ3n) is 14.3. The summed E-state index contributed by atoms with van der Waals surface area (Å²) in [6, 6.07) is 22.4. The third kappa shape index (κ3) is 15.1. The zero-order valence-corrected chi connectivity index (χ0v) is 47.8. The van der Waals surface area contributed by atoms with Gasteiger partial charge in [-0.3, -0.25) is 13.6 Å². The van der Waals surface area contributed by atoms with Crippen molar-refractivity contribution in [2.75, 3.05) is 46.2 Å². The number of rotatable bonds is 34. The van der Waals surface area contributed by atoms with E-state index in [-0.39, 0.29) is 0 Å². The average Bonchev–Trinajstić information content (AvgIpc) is 3.97. The molecule has 0 spiro atoms. The van der Waals surface area contributed by atoms with Crippen LogP contribution in [0.25, 0.3) is 37.9 Å². The van der Waals surface area contributed by atoms with Crippen LogP contribution >= 0.6 is 0 Å². The lowest BCUT2D eigenvalue weighted by atomic mass is 9.93. The molecule has 0 saturated heterocycles. The molecule has 2 heterocycles. The van der Waals surface area contributed by atoms with Crippen molar-refractivity contribution in [2.45, 2.75) is 165 Å². The Morgan fingerprint density at radius 2 is 0.779 bits per heavy atom. The molecule has 12 heteroatoms. The van der Waals surface area contributed by atoms with E-state index in [1.165, 1.54) is 0 Å². The van der Waals surface area contributed by atoms with E-state index in [4.69, 9.17) is 38.2 Å². The summed E-state index contributed by atoms with van der Waals surface area (Å²) in [5.41, 5.74) is 5.65. The molecule has 0 N–H and O–H groups in total. The van der Waals surface area contributed by atoms with Crippen LogP contribution < -0.4 is 33.2 Å². The van der Waals surface area contributed by atoms with Gasteiger partial charge in [-0.25, -0.2) is 0 Å². The Morgan fingerprint density at radius 1 is 0.442 bits per heavy atom. The molecule has 1 aliphatic rings. The zero-order valence-electron chi connectivity index (χ0n) is 47.8. The molecular formula is C65H85BF2N2O7. The molecule has 77 heavy (non-hydrogen) atoms. The van der Waals surface area contributed by atoms with Crippen LogP contribution in [0.4, 0.5) is 8.63 Å². The van der Waals surface area contributed by atoms with E-state index in [9.17, 15) is 8.63 Å². The number of aromatic nitrogens is 1. The van der Waals surface area contributed by atoms with Crippen molar-refractivity contribution in [3.05, 3.63) is 107 Å². The molecule has 0 aliphatic carbocycles. The van der Waals surface area contributed by atoms with E-state index < -0.39 is 7.40 Å². The van der Waals surface area contributed by atoms with Crippen molar-refractivity contribution < 1.29 is 41.8 Å². The number of nitrogens with zero attached hydrogens (tertiary/aromatic N) is 2. The Kier molecular flexibility index (Phi) is 22.5. The van der Waals surface area contributed by atoms with Gasteiger partial charge in [0.05, 0.1) is 51.9 Å². The summed E-state index contributed by atoms with van der Waals surface area (Å²) < 4.78 is 76.5. The quantitative estimate of drug-likeness (QED) is 0.0226. The van der Waals surface area contributed by atoms with Gasteiger partial charge in [0.2, 0.25) is 0 Å². The first-order valence-electron chi connectivity index (χ1n) is 29.0. The summed E-state index contributed by atoms with van der Waals surface area (Å²) in [7, 11) is -2.70. The molecule has 414 valence electrons. The maximum Gasteiger partial charge on any atom is 0.677 e. The van der Waals surface area contributed by atoms with E-state index in [1.807, 2.05) is 51.1 Å². The fraction of sp³-hybridized carbons (Fsp3) is 0.492. The van der Waals surface area contributed by atoms with Crippen LogP contribution in [-0.4, -0.2) is 63.8 Å². The lowest BCUT2D eigenvalue weighted by Crippen LogP contribution is -2.18. The van der Waals surface area contributed by atoms with Crippen molar-refractivity contribution >= 4 is 51.0 Å². The maximum atomic E-state index is 14.6. The number of fused-ring (bicyclic) bond motifs is 6. The molecule has 0 fully saturated rings. The molecule has 0 radical (unpaired) electrons. The standard InChI is InChI=1S/C65H85BF2N2O7/c1-10-15-20-30-72-57-39-51-52-40-58(73-31-21-16-11-2)60(75-33-23-18-13-4)42-54(52)56-44-62(61(76-34-24-19-14-5)43-55(56)53(51)41-59(57)74-32-22-17-12-3)77-36-25-35-71-50-28-26-49(27-29-50)63(64-45(6)37-47(8)69-64)65-46(7)38-48(9)70(65)66(67)68/h26-29,37-44H,10-25,30-36H2,1-9H3/b64-63-. The van der Waals surface area contributed by atoms with Crippen molar-refractivity contribution in [3.63, 3.8) is 0 Å². The number of benzene rings is 5. The highest BCUT2D eigenvalue weighted by Gasteiger charge is 2.29. The van der Waals surface area contributed by atoms with Crippen LogP contribution in [0.1, 0.15) is 174 Å². The molecule has 9 nitrogen and oxygen atoms in total. The number of hydrogen-bond donors (Lipinski definition) is 0. The Hall–Kier alpha value is -6.17. The lowest BCUT2D eigenvalue weighted by Gasteiger charge is -2.21. The summed E-state index contributed by atoms with van der Waals surface area (Å²) in [6.07, 6.45) is 18.3. The molecule has 0 saturated carbocycles. The Morgan fingerprint density at radius 3 is 1.09 bits per heavy atom. The number of allylic oxidation sites excluding steroid dienone is 2. The third-order valence-corrected chi connectivity index (χ3v) is 14.3. The molecule has 0 amide bonds. The molecule has 6 aromatic rings. The van der Waals surface area contributed by atoms with Crippen molar-refractivity contribution in [2.24, 2.45) is 4.99 Å². The fourth-order valence-corrected chi connectivity index (χ4v) is 10.2. The zero-order chi connectivity index (χ0) is 54.7. The minimum Gasteiger partial charge on any atom is -0.493 e. The van der Waals surface area contributed by atoms with Gasteiger partial charge < -0.3 is 37.6 Å². The number of hydrogen-bond acceptors (Lipinski definition) is 8. The molecule has 5 aromatic carbocycles. The molecule has 1 aromatic heterocycles. The van der Waals surface area contributed by atoms with Crippen LogP contribution in [0.15, 0.2) is 89.1 Å². The van der Waals surface area contributed by atoms with Crippen LogP contribution in [0.2, 0.25) is 0 Å². The number of aryl methyl sites for hydroxylation is 2. The SMILES string of the molecule is CCCCCOc1cc2c3cc(OCCCCC)c(OCCCCC)cc3c3cc(OCCCOc4ccc(/C(=C5/N=C(C)C=C5C)c5c(C)cc(C)n5B(F)F)cc4)c(OCCCCC)cc3c2cc1OCCCCC. The summed E-state index contributed by atoms with van der Waals surface area (Å²) >= 11 is 0. The number of halogens is 2. The van der Waals surface area contributed by atoms with Crippen LogP contribution in [0.5, 0.6) is 40.2 Å². The second kappa shape index (κ2) is 29.5. The van der Waals surface area contributed by atoms with Gasteiger partial charge in [0.25, 0.3) is 0 Å². The highest BCUT2D eigenvalue weighted by Crippen LogP contribution is 2.48. The van der Waals surface area contributed by atoms with Gasteiger partial charge in [-0.2, -0.15) is 0 Å². The molecular weight excluding hydrogens is 970 g/mol. The van der Waals surface area contributed by atoms with Gasteiger partial charge in [0.15, 0.2) is 34.5 Å². The van der Waals surface area contributed by atoms with E-state index in [0.717, 1.165) is 179 Å². The first-order valence-corrected chi connectivity index (χ1v) is 29.0. The topological polar surface area (TPSA) is 81.9 Å². The van der Waals surface area contributed by atoms with E-state index in [0.29, 0.717) is 92.6 Å². The minimum absolute atomic E-state index is 0.374. The van der Waals surface area contributed by atoms with Crippen LogP contribution in [-0.2, 0) is 0 Å². The summed E-state index contributed by atoms with van der Waals surface area (Å²) in [5.74, 6) is 4.98. The van der Waals surface area contributed by atoms with Gasteiger partial charge >= 0.3 is 7.40 Å². The van der Waals surface area contributed by atoms with E-state index in [2.05, 4.69) is 71.0 Å². The molecule has 0 atom stereocenters. The predicted molar refractivity (Wildman–Crippen MR) is 316 cm³/mol. The van der Waals surface area contributed by atoms with E-state index in [1.54, 1.807) is 13.0 Å². The van der Waals surface area contributed by atoms with Crippen molar-refractivity contribution in [1.82, 2.24) is 4.48 Å².